The molecule has 22 heavy (non-hydrogen) atoms. The predicted molar refractivity (Wildman–Crippen MR) is 92.6 cm³/mol. The Kier molecular flexibility index (Phi) is 4.74. The zero-order valence-corrected chi connectivity index (χ0v) is 14.0. The molecule has 4 heteroatoms. The van der Waals surface area contributed by atoms with Gasteiger partial charge in [0.1, 0.15) is 0 Å². The number of rotatable bonds is 5. The van der Waals surface area contributed by atoms with Gasteiger partial charge in [0.15, 0.2) is 0 Å². The molecule has 0 radical (unpaired) electrons. The van der Waals surface area contributed by atoms with E-state index in [4.69, 9.17) is 11.6 Å². The van der Waals surface area contributed by atoms with Crippen molar-refractivity contribution < 1.29 is 4.79 Å². The van der Waals surface area contributed by atoms with Crippen LogP contribution >= 0.6 is 23.4 Å². The molecule has 0 bridgehead atoms. The number of amides is 1. The van der Waals surface area contributed by atoms with Gasteiger partial charge in [0.05, 0.1) is 10.6 Å². The number of thioether (sulfide) groups is 1. The van der Waals surface area contributed by atoms with Crippen LogP contribution in [0.4, 0.5) is 0 Å². The highest BCUT2D eigenvalue weighted by Gasteiger charge is 2.33. The van der Waals surface area contributed by atoms with Crippen LogP contribution in [0.1, 0.15) is 28.8 Å². The van der Waals surface area contributed by atoms with Gasteiger partial charge in [0.25, 0.3) is 5.91 Å². The average Bonchev–Trinajstić information content (AvgIpc) is 3.38. The molecule has 2 aromatic carbocycles. The molecule has 0 N–H and O–H groups in total. The largest absolute Gasteiger partial charge is 0.331 e. The minimum absolute atomic E-state index is 0.0345. The van der Waals surface area contributed by atoms with Gasteiger partial charge in [-0.05, 0) is 42.9 Å². The molecule has 1 aliphatic carbocycles. The van der Waals surface area contributed by atoms with Crippen molar-refractivity contribution in [1.29, 1.82) is 0 Å². The summed E-state index contributed by atoms with van der Waals surface area (Å²) in [5.41, 5.74) is 1.76. The van der Waals surface area contributed by atoms with Gasteiger partial charge in [-0.1, -0.05) is 41.9 Å². The molecular formula is C18H18ClNOS. The maximum absolute atomic E-state index is 13.0. The number of hydrogen-bond acceptors (Lipinski definition) is 2. The Morgan fingerprint density at radius 2 is 1.95 bits per heavy atom. The summed E-state index contributed by atoms with van der Waals surface area (Å²) < 4.78 is 0. The predicted octanol–water partition coefficient (Wildman–Crippen LogP) is 4.87. The highest BCUT2D eigenvalue weighted by atomic mass is 35.5. The van der Waals surface area contributed by atoms with Crippen LogP contribution in [0.5, 0.6) is 0 Å². The van der Waals surface area contributed by atoms with E-state index in [1.54, 1.807) is 11.8 Å². The summed E-state index contributed by atoms with van der Waals surface area (Å²) in [6.07, 6.45) is 4.16. The number of carbonyl (C=O) groups is 1. The van der Waals surface area contributed by atoms with Gasteiger partial charge in [-0.3, -0.25) is 4.79 Å². The standard InChI is InChI=1S/C18H18ClNOS/c1-22-15-9-10-17(19)16(11-15)18(21)20(14-7-8-14)12-13-5-3-2-4-6-13/h2-6,9-11,14H,7-8,12H2,1H3. The van der Waals surface area contributed by atoms with E-state index in [1.165, 1.54) is 0 Å². The van der Waals surface area contributed by atoms with Crippen LogP contribution in [0, 0.1) is 0 Å². The lowest BCUT2D eigenvalue weighted by Gasteiger charge is -2.23. The second-order valence-electron chi connectivity index (χ2n) is 5.50. The summed E-state index contributed by atoms with van der Waals surface area (Å²) in [6, 6.07) is 16.1. The minimum Gasteiger partial charge on any atom is -0.331 e. The van der Waals surface area contributed by atoms with Gasteiger partial charge in [-0.25, -0.2) is 0 Å². The second-order valence-corrected chi connectivity index (χ2v) is 6.78. The third kappa shape index (κ3) is 3.47. The van der Waals surface area contributed by atoms with E-state index >= 15 is 0 Å². The molecule has 0 heterocycles. The molecule has 2 aromatic rings. The fraction of sp³-hybridized carbons (Fsp3) is 0.278. The fourth-order valence-corrected chi connectivity index (χ4v) is 3.12. The molecule has 2 nitrogen and oxygen atoms in total. The van der Waals surface area contributed by atoms with E-state index in [0.717, 1.165) is 23.3 Å². The number of benzene rings is 2. The molecule has 1 fully saturated rings. The first-order valence-corrected chi connectivity index (χ1v) is 8.97. The zero-order chi connectivity index (χ0) is 15.5. The summed E-state index contributed by atoms with van der Waals surface area (Å²) in [7, 11) is 0. The Labute approximate surface area is 140 Å². The molecule has 0 aromatic heterocycles. The fourth-order valence-electron chi connectivity index (χ4n) is 2.48. The summed E-state index contributed by atoms with van der Waals surface area (Å²) in [5, 5.41) is 0.529. The van der Waals surface area contributed by atoms with Crippen LogP contribution < -0.4 is 0 Å². The normalized spacial score (nSPS) is 13.9. The van der Waals surface area contributed by atoms with Crippen molar-refractivity contribution >= 4 is 29.3 Å². The molecule has 0 spiro atoms. The third-order valence-corrected chi connectivity index (χ3v) is 4.90. The summed E-state index contributed by atoms with van der Waals surface area (Å²) >= 11 is 7.88. The molecule has 1 aliphatic rings. The number of carbonyl (C=O) groups excluding carboxylic acids is 1. The molecular weight excluding hydrogens is 314 g/mol. The molecule has 0 aliphatic heterocycles. The van der Waals surface area contributed by atoms with Gasteiger partial charge in [-0.15, -0.1) is 11.8 Å². The lowest BCUT2D eigenvalue weighted by molar-refractivity contribution is 0.0730. The van der Waals surface area contributed by atoms with Gasteiger partial charge in [0, 0.05) is 17.5 Å². The molecule has 114 valence electrons. The first-order chi connectivity index (χ1) is 10.7. The van der Waals surface area contributed by atoms with E-state index in [0.29, 0.717) is 23.2 Å². The Hall–Kier alpha value is -1.45. The zero-order valence-electron chi connectivity index (χ0n) is 12.5. The molecule has 0 unspecified atom stereocenters. The van der Waals surface area contributed by atoms with Crippen molar-refractivity contribution in [3.05, 3.63) is 64.7 Å². The molecule has 3 rings (SSSR count). The van der Waals surface area contributed by atoms with Crippen molar-refractivity contribution in [2.75, 3.05) is 6.26 Å². The van der Waals surface area contributed by atoms with Crippen LogP contribution in [0.2, 0.25) is 5.02 Å². The minimum atomic E-state index is 0.0345. The van der Waals surface area contributed by atoms with Crippen molar-refractivity contribution in [2.45, 2.75) is 30.3 Å². The van der Waals surface area contributed by atoms with E-state index < -0.39 is 0 Å². The Balaban J connectivity index is 1.87. The lowest BCUT2D eigenvalue weighted by Crippen LogP contribution is -2.32. The monoisotopic (exact) mass is 331 g/mol. The molecule has 1 amide bonds. The van der Waals surface area contributed by atoms with Crippen LogP contribution in [-0.4, -0.2) is 23.1 Å². The quantitative estimate of drug-likeness (QED) is 0.729. The van der Waals surface area contributed by atoms with Crippen LogP contribution in [0.25, 0.3) is 0 Å². The smallest absolute Gasteiger partial charge is 0.255 e. The molecule has 1 saturated carbocycles. The lowest BCUT2D eigenvalue weighted by atomic mass is 10.1. The Morgan fingerprint density at radius 3 is 2.59 bits per heavy atom. The second kappa shape index (κ2) is 6.76. The maximum atomic E-state index is 13.0. The Bertz CT molecular complexity index is 670. The van der Waals surface area contributed by atoms with Crippen LogP contribution in [0.15, 0.2) is 53.4 Å². The first kappa shape index (κ1) is 15.4. The van der Waals surface area contributed by atoms with Gasteiger partial charge >= 0.3 is 0 Å². The van der Waals surface area contributed by atoms with Crippen molar-refractivity contribution in [2.24, 2.45) is 0 Å². The Morgan fingerprint density at radius 1 is 1.23 bits per heavy atom. The van der Waals surface area contributed by atoms with E-state index in [1.807, 2.05) is 47.6 Å². The third-order valence-electron chi connectivity index (χ3n) is 3.85. The molecule has 0 saturated heterocycles. The molecule has 0 atom stereocenters. The highest BCUT2D eigenvalue weighted by molar-refractivity contribution is 7.98. The van der Waals surface area contributed by atoms with Crippen molar-refractivity contribution in [1.82, 2.24) is 4.90 Å². The average molecular weight is 332 g/mol. The van der Waals surface area contributed by atoms with Crippen LogP contribution in [0.3, 0.4) is 0 Å². The van der Waals surface area contributed by atoms with E-state index in [9.17, 15) is 4.79 Å². The highest BCUT2D eigenvalue weighted by Crippen LogP contribution is 2.32. The van der Waals surface area contributed by atoms with Gasteiger partial charge < -0.3 is 4.90 Å². The SMILES string of the molecule is CSc1ccc(Cl)c(C(=O)N(Cc2ccccc2)C2CC2)c1. The first-order valence-electron chi connectivity index (χ1n) is 7.37. The van der Waals surface area contributed by atoms with Crippen LogP contribution in [-0.2, 0) is 6.54 Å². The van der Waals surface area contributed by atoms with Crippen molar-refractivity contribution in [3.8, 4) is 0 Å². The number of nitrogens with zero attached hydrogens (tertiary/aromatic N) is 1. The van der Waals surface area contributed by atoms with Crippen molar-refractivity contribution in [3.63, 3.8) is 0 Å². The van der Waals surface area contributed by atoms with Gasteiger partial charge in [-0.2, -0.15) is 0 Å². The summed E-state index contributed by atoms with van der Waals surface area (Å²) in [4.78, 5) is 16.0. The number of halogens is 1. The van der Waals surface area contributed by atoms with E-state index in [-0.39, 0.29) is 5.91 Å². The topological polar surface area (TPSA) is 20.3 Å². The summed E-state index contributed by atoms with van der Waals surface area (Å²) in [5.74, 6) is 0.0345. The summed E-state index contributed by atoms with van der Waals surface area (Å²) in [6.45, 7) is 0.643. The van der Waals surface area contributed by atoms with Gasteiger partial charge in [0.2, 0.25) is 0 Å². The maximum Gasteiger partial charge on any atom is 0.255 e. The number of hydrogen-bond donors (Lipinski definition) is 0. The van der Waals surface area contributed by atoms with E-state index in [2.05, 4.69) is 12.1 Å².